The first-order chi connectivity index (χ1) is 6.92. The molecule has 2 atom stereocenters. The lowest BCUT2D eigenvalue weighted by molar-refractivity contribution is 0.0815. The summed E-state index contributed by atoms with van der Waals surface area (Å²) in [6.07, 6.45) is 6.41. The fourth-order valence-electron chi connectivity index (χ4n) is 2.90. The number of nitrogens with one attached hydrogen (secondary N) is 1. The minimum Gasteiger partial charge on any atom is -0.396 e. The topological polar surface area (TPSA) is 35.5 Å². The summed E-state index contributed by atoms with van der Waals surface area (Å²) in [6.45, 7) is 3.72. The number of hydrogen-bond acceptors (Lipinski definition) is 3. The van der Waals surface area contributed by atoms with E-state index in [1.54, 1.807) is 0 Å². The number of piperazine rings is 1. The van der Waals surface area contributed by atoms with E-state index >= 15 is 0 Å². The first-order valence-corrected chi connectivity index (χ1v) is 6.00. The molecule has 2 unspecified atom stereocenters. The SMILES string of the molecule is OCCCN1CCNC2CCCCC21. The zero-order valence-corrected chi connectivity index (χ0v) is 8.91. The maximum atomic E-state index is 8.85. The van der Waals surface area contributed by atoms with Gasteiger partial charge in [0.15, 0.2) is 0 Å². The van der Waals surface area contributed by atoms with Gasteiger partial charge in [0, 0.05) is 38.3 Å². The summed E-state index contributed by atoms with van der Waals surface area (Å²) in [5.74, 6) is 0. The minimum absolute atomic E-state index is 0.335. The molecule has 0 aromatic carbocycles. The van der Waals surface area contributed by atoms with Crippen molar-refractivity contribution in [2.24, 2.45) is 0 Å². The Morgan fingerprint density at radius 1 is 1.29 bits per heavy atom. The van der Waals surface area contributed by atoms with Crippen LogP contribution in [0.2, 0.25) is 0 Å². The summed E-state index contributed by atoms with van der Waals surface area (Å²) in [4.78, 5) is 2.58. The molecule has 0 bridgehead atoms. The van der Waals surface area contributed by atoms with Gasteiger partial charge in [-0.15, -0.1) is 0 Å². The van der Waals surface area contributed by atoms with Gasteiger partial charge in [0.2, 0.25) is 0 Å². The molecule has 2 rings (SSSR count). The van der Waals surface area contributed by atoms with Gasteiger partial charge in [-0.1, -0.05) is 12.8 Å². The van der Waals surface area contributed by atoms with Gasteiger partial charge in [-0.2, -0.15) is 0 Å². The minimum atomic E-state index is 0.335. The number of hydrogen-bond donors (Lipinski definition) is 2. The van der Waals surface area contributed by atoms with E-state index < -0.39 is 0 Å². The lowest BCUT2D eigenvalue weighted by Gasteiger charge is -2.44. The molecule has 0 amide bonds. The maximum Gasteiger partial charge on any atom is 0.0443 e. The number of rotatable bonds is 3. The Labute approximate surface area is 86.5 Å². The molecule has 0 spiro atoms. The van der Waals surface area contributed by atoms with E-state index in [-0.39, 0.29) is 0 Å². The van der Waals surface area contributed by atoms with E-state index in [1.807, 2.05) is 0 Å². The van der Waals surface area contributed by atoms with Crippen molar-refractivity contribution in [2.75, 3.05) is 26.2 Å². The smallest absolute Gasteiger partial charge is 0.0443 e. The van der Waals surface area contributed by atoms with Crippen LogP contribution in [0.25, 0.3) is 0 Å². The number of fused-ring (bicyclic) bond motifs is 1. The standard InChI is InChI=1S/C11H22N2O/c14-9-3-7-13-8-6-12-10-4-1-2-5-11(10)13/h10-12,14H,1-9H2. The molecule has 14 heavy (non-hydrogen) atoms. The Bertz CT molecular complexity index is 173. The first-order valence-electron chi connectivity index (χ1n) is 6.00. The zero-order valence-electron chi connectivity index (χ0n) is 8.91. The predicted octanol–water partition coefficient (Wildman–Crippen LogP) is 0.585. The summed E-state index contributed by atoms with van der Waals surface area (Å²) >= 11 is 0. The van der Waals surface area contributed by atoms with Crippen molar-refractivity contribution < 1.29 is 5.11 Å². The third-order valence-electron chi connectivity index (χ3n) is 3.61. The average molecular weight is 198 g/mol. The van der Waals surface area contributed by atoms with Crippen LogP contribution >= 0.6 is 0 Å². The van der Waals surface area contributed by atoms with Crippen LogP contribution in [0, 0.1) is 0 Å². The normalized spacial score (nSPS) is 34.1. The molecule has 1 aliphatic carbocycles. The van der Waals surface area contributed by atoms with Crippen LogP contribution in [-0.2, 0) is 0 Å². The fraction of sp³-hybridized carbons (Fsp3) is 1.00. The molecule has 82 valence electrons. The second-order valence-corrected chi connectivity index (χ2v) is 4.53. The molecule has 2 fully saturated rings. The van der Waals surface area contributed by atoms with Crippen molar-refractivity contribution in [1.82, 2.24) is 10.2 Å². The second-order valence-electron chi connectivity index (χ2n) is 4.53. The van der Waals surface area contributed by atoms with E-state index in [1.165, 1.54) is 32.2 Å². The summed E-state index contributed by atoms with van der Waals surface area (Å²) in [7, 11) is 0. The fourth-order valence-corrected chi connectivity index (χ4v) is 2.90. The third kappa shape index (κ3) is 2.27. The number of nitrogens with zero attached hydrogens (tertiary/aromatic N) is 1. The van der Waals surface area contributed by atoms with Gasteiger partial charge < -0.3 is 10.4 Å². The van der Waals surface area contributed by atoms with Crippen molar-refractivity contribution in [1.29, 1.82) is 0 Å². The highest BCUT2D eigenvalue weighted by Crippen LogP contribution is 2.25. The maximum absolute atomic E-state index is 8.85. The molecule has 1 aliphatic heterocycles. The number of aliphatic hydroxyl groups is 1. The molecule has 2 aliphatic rings. The molecule has 0 radical (unpaired) electrons. The Morgan fingerprint density at radius 2 is 2.14 bits per heavy atom. The summed E-state index contributed by atoms with van der Waals surface area (Å²) < 4.78 is 0. The molecule has 1 heterocycles. The van der Waals surface area contributed by atoms with Crippen molar-refractivity contribution in [3.63, 3.8) is 0 Å². The quantitative estimate of drug-likeness (QED) is 0.696. The Morgan fingerprint density at radius 3 is 3.00 bits per heavy atom. The monoisotopic (exact) mass is 198 g/mol. The van der Waals surface area contributed by atoms with Crippen molar-refractivity contribution in [3.8, 4) is 0 Å². The highest BCUT2D eigenvalue weighted by molar-refractivity contribution is 4.91. The van der Waals surface area contributed by atoms with E-state index in [0.717, 1.165) is 31.6 Å². The van der Waals surface area contributed by atoms with Crippen molar-refractivity contribution in [3.05, 3.63) is 0 Å². The van der Waals surface area contributed by atoms with Crippen LogP contribution in [-0.4, -0.2) is 48.3 Å². The van der Waals surface area contributed by atoms with Crippen LogP contribution in [0.5, 0.6) is 0 Å². The first kappa shape index (κ1) is 10.4. The van der Waals surface area contributed by atoms with Crippen LogP contribution in [0.15, 0.2) is 0 Å². The molecule has 0 aromatic heterocycles. The highest BCUT2D eigenvalue weighted by Gasteiger charge is 2.32. The van der Waals surface area contributed by atoms with E-state index in [9.17, 15) is 0 Å². The van der Waals surface area contributed by atoms with Gasteiger partial charge in [-0.25, -0.2) is 0 Å². The van der Waals surface area contributed by atoms with Crippen LogP contribution in [0.1, 0.15) is 32.1 Å². The van der Waals surface area contributed by atoms with E-state index in [0.29, 0.717) is 6.61 Å². The molecule has 0 aromatic rings. The predicted molar refractivity (Wildman–Crippen MR) is 57.3 cm³/mol. The summed E-state index contributed by atoms with van der Waals surface area (Å²) in [6, 6.07) is 1.49. The third-order valence-corrected chi connectivity index (χ3v) is 3.61. The van der Waals surface area contributed by atoms with Crippen LogP contribution < -0.4 is 5.32 Å². The number of aliphatic hydroxyl groups excluding tert-OH is 1. The Hall–Kier alpha value is -0.120. The second kappa shape index (κ2) is 5.10. The lowest BCUT2D eigenvalue weighted by Crippen LogP contribution is -2.59. The molecular formula is C11H22N2O. The highest BCUT2D eigenvalue weighted by atomic mass is 16.3. The lowest BCUT2D eigenvalue weighted by atomic mass is 9.87. The van der Waals surface area contributed by atoms with Gasteiger partial charge in [0.25, 0.3) is 0 Å². The van der Waals surface area contributed by atoms with Gasteiger partial charge in [0.05, 0.1) is 0 Å². The zero-order chi connectivity index (χ0) is 9.80. The van der Waals surface area contributed by atoms with Gasteiger partial charge in [-0.05, 0) is 19.3 Å². The Kier molecular flexibility index (Phi) is 3.79. The van der Waals surface area contributed by atoms with Crippen LogP contribution in [0.4, 0.5) is 0 Å². The molecule has 3 heteroatoms. The summed E-state index contributed by atoms with van der Waals surface area (Å²) in [5, 5.41) is 12.5. The van der Waals surface area contributed by atoms with Crippen molar-refractivity contribution >= 4 is 0 Å². The summed E-state index contributed by atoms with van der Waals surface area (Å²) in [5.41, 5.74) is 0. The van der Waals surface area contributed by atoms with E-state index in [4.69, 9.17) is 5.11 Å². The molecule has 1 saturated heterocycles. The largest absolute Gasteiger partial charge is 0.396 e. The molecule has 2 N–H and O–H groups in total. The average Bonchev–Trinajstić information content (AvgIpc) is 2.26. The van der Waals surface area contributed by atoms with E-state index in [2.05, 4.69) is 10.2 Å². The molecule has 1 saturated carbocycles. The molecular weight excluding hydrogens is 176 g/mol. The van der Waals surface area contributed by atoms with Gasteiger partial charge >= 0.3 is 0 Å². The van der Waals surface area contributed by atoms with Crippen LogP contribution in [0.3, 0.4) is 0 Å². The van der Waals surface area contributed by atoms with Crippen molar-refractivity contribution in [2.45, 2.75) is 44.2 Å². The van der Waals surface area contributed by atoms with Gasteiger partial charge in [0.1, 0.15) is 0 Å². The molecule has 3 nitrogen and oxygen atoms in total. The Balaban J connectivity index is 1.88. The van der Waals surface area contributed by atoms with Gasteiger partial charge in [-0.3, -0.25) is 4.90 Å².